The van der Waals surface area contributed by atoms with Crippen molar-refractivity contribution in [1.82, 2.24) is 9.55 Å². The number of fused-ring (bicyclic) bond motifs is 1. The first-order valence-electron chi connectivity index (χ1n) is 7.69. The van der Waals surface area contributed by atoms with Crippen LogP contribution in [0.25, 0.3) is 11.0 Å². The molecule has 1 heterocycles. The zero-order valence-electron chi connectivity index (χ0n) is 13.7. The Hall–Kier alpha value is -2.62. The number of methoxy groups -OCH3 is 1. The normalized spacial score (nSPS) is 10.9. The lowest BCUT2D eigenvalue weighted by atomic mass is 10.1. The first-order valence-corrected chi connectivity index (χ1v) is 7.69. The minimum Gasteiger partial charge on any atom is -0.497 e. The molecule has 23 heavy (non-hydrogen) atoms. The van der Waals surface area contributed by atoms with E-state index in [1.165, 1.54) is 11.1 Å². The summed E-state index contributed by atoms with van der Waals surface area (Å²) in [6, 6.07) is 11.9. The van der Waals surface area contributed by atoms with Gasteiger partial charge in [0.1, 0.15) is 12.1 Å². The molecule has 3 aromatic rings. The third-order valence-corrected chi connectivity index (χ3v) is 4.22. The van der Waals surface area contributed by atoms with E-state index in [1.54, 1.807) is 18.0 Å². The van der Waals surface area contributed by atoms with Crippen LogP contribution < -0.4 is 4.74 Å². The van der Waals surface area contributed by atoms with Gasteiger partial charge in [-0.2, -0.15) is 0 Å². The van der Waals surface area contributed by atoms with E-state index in [0.29, 0.717) is 12.8 Å². The molecule has 0 saturated carbocycles. The second-order valence-electron chi connectivity index (χ2n) is 5.78. The molecule has 4 heteroatoms. The van der Waals surface area contributed by atoms with Crippen LogP contribution in [0.2, 0.25) is 0 Å². The van der Waals surface area contributed by atoms with E-state index in [9.17, 15) is 4.79 Å². The highest BCUT2D eigenvalue weighted by Gasteiger charge is 2.11. The predicted molar refractivity (Wildman–Crippen MR) is 91.1 cm³/mol. The van der Waals surface area contributed by atoms with Gasteiger partial charge >= 0.3 is 0 Å². The van der Waals surface area contributed by atoms with Crippen LogP contribution in [-0.4, -0.2) is 22.6 Å². The molecule has 0 aliphatic rings. The summed E-state index contributed by atoms with van der Waals surface area (Å²) in [5.41, 5.74) is 5.23. The average molecular weight is 308 g/mol. The van der Waals surface area contributed by atoms with Crippen molar-refractivity contribution >= 4 is 16.9 Å². The second kappa shape index (κ2) is 6.24. The maximum atomic E-state index is 12.5. The highest BCUT2D eigenvalue weighted by atomic mass is 16.5. The fraction of sp³-hybridized carbons (Fsp3) is 0.263. The third kappa shape index (κ3) is 3.11. The van der Waals surface area contributed by atoms with E-state index in [0.717, 1.165) is 22.3 Å². The quantitative estimate of drug-likeness (QED) is 0.733. The molecule has 4 nitrogen and oxygen atoms in total. The van der Waals surface area contributed by atoms with Crippen molar-refractivity contribution in [3.8, 4) is 5.75 Å². The van der Waals surface area contributed by atoms with Crippen molar-refractivity contribution < 1.29 is 9.53 Å². The molecule has 3 rings (SSSR count). The molecule has 0 spiro atoms. The molecule has 0 fully saturated rings. The number of ether oxygens (including phenoxy) is 1. The molecule has 0 saturated heterocycles. The average Bonchev–Trinajstić information content (AvgIpc) is 2.96. The van der Waals surface area contributed by atoms with Gasteiger partial charge in [0.2, 0.25) is 5.91 Å². The zero-order chi connectivity index (χ0) is 16.4. The number of aromatic nitrogens is 2. The molecule has 0 aliphatic carbocycles. The third-order valence-electron chi connectivity index (χ3n) is 4.22. The van der Waals surface area contributed by atoms with Crippen LogP contribution in [0.1, 0.15) is 27.9 Å². The smallest absolute Gasteiger partial charge is 0.232 e. The Morgan fingerprint density at radius 2 is 1.83 bits per heavy atom. The van der Waals surface area contributed by atoms with Gasteiger partial charge in [0.05, 0.1) is 18.1 Å². The summed E-state index contributed by atoms with van der Waals surface area (Å²) in [7, 11) is 1.65. The Bertz CT molecular complexity index is 848. The number of hydrogen-bond donors (Lipinski definition) is 0. The largest absolute Gasteiger partial charge is 0.497 e. The van der Waals surface area contributed by atoms with Crippen LogP contribution in [-0.2, 0) is 6.42 Å². The Morgan fingerprint density at radius 1 is 1.13 bits per heavy atom. The molecule has 0 amide bonds. The molecule has 1 aromatic heterocycles. The molecule has 0 atom stereocenters. The Balaban J connectivity index is 1.76. The minimum absolute atomic E-state index is 0.0616. The monoisotopic (exact) mass is 308 g/mol. The summed E-state index contributed by atoms with van der Waals surface area (Å²) >= 11 is 0. The van der Waals surface area contributed by atoms with Crippen LogP contribution in [0.15, 0.2) is 42.7 Å². The summed E-state index contributed by atoms with van der Waals surface area (Å²) in [6.45, 7) is 4.10. The summed E-state index contributed by atoms with van der Waals surface area (Å²) in [6.07, 6.45) is 2.78. The minimum atomic E-state index is 0.0616. The van der Waals surface area contributed by atoms with Gasteiger partial charge in [-0.1, -0.05) is 12.1 Å². The summed E-state index contributed by atoms with van der Waals surface area (Å²) < 4.78 is 6.80. The lowest BCUT2D eigenvalue weighted by Gasteiger charge is -2.06. The lowest BCUT2D eigenvalue weighted by Crippen LogP contribution is -2.10. The zero-order valence-corrected chi connectivity index (χ0v) is 13.7. The maximum Gasteiger partial charge on any atom is 0.232 e. The molecule has 0 aliphatic heterocycles. The van der Waals surface area contributed by atoms with E-state index >= 15 is 0 Å². The van der Waals surface area contributed by atoms with Gasteiger partial charge in [-0.05, 0) is 61.2 Å². The fourth-order valence-electron chi connectivity index (χ4n) is 2.63. The highest BCUT2D eigenvalue weighted by molar-refractivity contribution is 5.90. The van der Waals surface area contributed by atoms with E-state index in [2.05, 4.69) is 11.9 Å². The first kappa shape index (κ1) is 15.3. The topological polar surface area (TPSA) is 44.1 Å². The SMILES string of the molecule is COc1ccc(CCC(=O)n2cnc3cc(C)c(C)cc32)cc1. The van der Waals surface area contributed by atoms with Crippen molar-refractivity contribution in [3.63, 3.8) is 0 Å². The number of rotatable bonds is 4. The van der Waals surface area contributed by atoms with Gasteiger partial charge in [-0.3, -0.25) is 9.36 Å². The number of benzene rings is 2. The molecule has 0 unspecified atom stereocenters. The van der Waals surface area contributed by atoms with Gasteiger partial charge in [-0.25, -0.2) is 4.98 Å². The molecular weight excluding hydrogens is 288 g/mol. The molecule has 0 N–H and O–H groups in total. The molecular formula is C19H20N2O2. The fourth-order valence-corrected chi connectivity index (χ4v) is 2.63. The maximum absolute atomic E-state index is 12.5. The summed E-state index contributed by atoms with van der Waals surface area (Å²) in [5.74, 6) is 0.887. The van der Waals surface area contributed by atoms with Crippen LogP contribution in [0.3, 0.4) is 0 Å². The van der Waals surface area contributed by atoms with Gasteiger partial charge < -0.3 is 4.74 Å². The second-order valence-corrected chi connectivity index (χ2v) is 5.78. The van der Waals surface area contributed by atoms with Crippen LogP contribution >= 0.6 is 0 Å². The predicted octanol–water partition coefficient (Wildman–Crippen LogP) is 3.93. The van der Waals surface area contributed by atoms with E-state index in [4.69, 9.17) is 4.74 Å². The number of hydrogen-bond acceptors (Lipinski definition) is 3. The van der Waals surface area contributed by atoms with Gasteiger partial charge in [0.15, 0.2) is 0 Å². The number of imidazole rings is 1. The number of nitrogens with zero attached hydrogens (tertiary/aromatic N) is 2. The lowest BCUT2D eigenvalue weighted by molar-refractivity contribution is 0.0907. The molecule has 0 bridgehead atoms. The Morgan fingerprint density at radius 3 is 2.52 bits per heavy atom. The van der Waals surface area contributed by atoms with E-state index in [1.807, 2.05) is 43.3 Å². The molecule has 2 aromatic carbocycles. The van der Waals surface area contributed by atoms with Gasteiger partial charge in [0, 0.05) is 6.42 Å². The van der Waals surface area contributed by atoms with E-state index in [-0.39, 0.29) is 5.91 Å². The first-order chi connectivity index (χ1) is 11.1. The summed E-state index contributed by atoms with van der Waals surface area (Å²) in [5, 5.41) is 0. The van der Waals surface area contributed by atoms with Crippen molar-refractivity contribution in [2.75, 3.05) is 7.11 Å². The van der Waals surface area contributed by atoms with Crippen LogP contribution in [0.5, 0.6) is 5.75 Å². The standard InChI is InChI=1S/C19H20N2O2/c1-13-10-17-18(11-14(13)2)21(12-20-17)19(22)9-6-15-4-7-16(23-3)8-5-15/h4-5,7-8,10-12H,6,9H2,1-3H3. The van der Waals surface area contributed by atoms with Crippen molar-refractivity contribution in [2.24, 2.45) is 0 Å². The van der Waals surface area contributed by atoms with Crippen molar-refractivity contribution in [3.05, 3.63) is 59.4 Å². The van der Waals surface area contributed by atoms with Crippen LogP contribution in [0.4, 0.5) is 0 Å². The van der Waals surface area contributed by atoms with Crippen molar-refractivity contribution in [1.29, 1.82) is 0 Å². The molecule has 118 valence electrons. The van der Waals surface area contributed by atoms with Crippen LogP contribution in [0, 0.1) is 13.8 Å². The number of aryl methyl sites for hydroxylation is 3. The van der Waals surface area contributed by atoms with Crippen molar-refractivity contribution in [2.45, 2.75) is 26.7 Å². The Labute approximate surface area is 135 Å². The highest BCUT2D eigenvalue weighted by Crippen LogP contribution is 2.19. The summed E-state index contributed by atoms with van der Waals surface area (Å²) in [4.78, 5) is 16.9. The van der Waals surface area contributed by atoms with Gasteiger partial charge in [0.25, 0.3) is 0 Å². The van der Waals surface area contributed by atoms with E-state index < -0.39 is 0 Å². The number of carbonyl (C=O) groups excluding carboxylic acids is 1. The molecule has 0 radical (unpaired) electrons. The number of carbonyl (C=O) groups is 1. The van der Waals surface area contributed by atoms with Gasteiger partial charge in [-0.15, -0.1) is 0 Å². The Kier molecular flexibility index (Phi) is 4.15.